The monoisotopic (exact) mass is 379 g/mol. The summed E-state index contributed by atoms with van der Waals surface area (Å²) in [5.41, 5.74) is 4.78. The molecule has 0 fully saturated rings. The van der Waals surface area contributed by atoms with Crippen LogP contribution in [0.1, 0.15) is 25.2 Å². The fraction of sp³-hybridized carbons (Fsp3) is 0.364. The zero-order valence-electron chi connectivity index (χ0n) is 16.5. The summed E-state index contributed by atoms with van der Waals surface area (Å²) in [6.45, 7) is 8.53. The van der Waals surface area contributed by atoms with Crippen LogP contribution in [-0.4, -0.2) is 35.4 Å². The van der Waals surface area contributed by atoms with Crippen LogP contribution in [0.4, 0.5) is 4.79 Å². The van der Waals surface area contributed by atoms with Gasteiger partial charge in [0.1, 0.15) is 18.2 Å². The van der Waals surface area contributed by atoms with E-state index in [-0.39, 0.29) is 12.0 Å². The third-order valence-electron chi connectivity index (χ3n) is 4.79. The van der Waals surface area contributed by atoms with Crippen molar-refractivity contribution in [2.75, 3.05) is 19.8 Å². The molecular weight excluding hydrogens is 354 g/mol. The van der Waals surface area contributed by atoms with Crippen LogP contribution in [0.25, 0.3) is 22.2 Å². The zero-order chi connectivity index (χ0) is 19.7. The lowest BCUT2D eigenvalue weighted by Gasteiger charge is -2.11. The van der Waals surface area contributed by atoms with Gasteiger partial charge in [0, 0.05) is 18.7 Å². The van der Waals surface area contributed by atoms with E-state index >= 15 is 0 Å². The maximum atomic E-state index is 12.6. The van der Waals surface area contributed by atoms with E-state index in [4.69, 9.17) is 9.47 Å². The smallest absolute Gasteiger partial charge is 0.419 e. The lowest BCUT2D eigenvalue weighted by Crippen LogP contribution is -2.17. The average molecular weight is 379 g/mol. The number of carbonyl (C=O) groups excluding carboxylic acids is 1. The molecule has 1 N–H and O–H groups in total. The molecule has 0 spiro atoms. The first-order valence-electron chi connectivity index (χ1n) is 9.66. The van der Waals surface area contributed by atoms with Crippen LogP contribution >= 0.6 is 0 Å². The minimum absolute atomic E-state index is 0.282. The lowest BCUT2D eigenvalue weighted by atomic mass is 10.0. The molecule has 6 heteroatoms. The molecule has 0 saturated carbocycles. The topological polar surface area (TPSA) is 65.4 Å². The molecule has 0 amide bonds. The molecule has 0 saturated heterocycles. The van der Waals surface area contributed by atoms with E-state index in [1.165, 1.54) is 0 Å². The number of rotatable bonds is 3. The Hall–Kier alpha value is -2.86. The molecule has 3 aromatic rings. The van der Waals surface area contributed by atoms with Crippen LogP contribution in [0.3, 0.4) is 0 Å². The van der Waals surface area contributed by atoms with Crippen molar-refractivity contribution in [3.8, 4) is 16.9 Å². The van der Waals surface area contributed by atoms with Crippen molar-refractivity contribution < 1.29 is 14.3 Å². The van der Waals surface area contributed by atoms with Crippen LogP contribution in [0.15, 0.2) is 36.4 Å². The Balaban J connectivity index is 1.72. The summed E-state index contributed by atoms with van der Waals surface area (Å²) < 4.78 is 12.8. The van der Waals surface area contributed by atoms with Gasteiger partial charge in [-0.15, -0.1) is 0 Å². The van der Waals surface area contributed by atoms with Gasteiger partial charge in [-0.25, -0.2) is 14.3 Å². The maximum absolute atomic E-state index is 12.6. The van der Waals surface area contributed by atoms with Gasteiger partial charge in [0.05, 0.1) is 17.6 Å². The van der Waals surface area contributed by atoms with Gasteiger partial charge in [-0.1, -0.05) is 26.0 Å². The van der Waals surface area contributed by atoms with Crippen molar-refractivity contribution in [1.82, 2.24) is 14.9 Å². The van der Waals surface area contributed by atoms with Gasteiger partial charge < -0.3 is 14.8 Å². The number of carbonyl (C=O) groups is 1. The molecule has 2 heterocycles. The van der Waals surface area contributed by atoms with Crippen molar-refractivity contribution >= 4 is 17.1 Å². The Morgan fingerprint density at radius 3 is 2.86 bits per heavy atom. The largest absolute Gasteiger partial charge is 0.492 e. The standard InChI is InChI=1S/C22H25N3O3/c1-14(2)13-28-22(26)25-15(3)24-19-6-4-17(11-20(19)25)16-5-7-21-18(10-16)12-23-8-9-27-21/h4-7,10-11,14,23H,8-9,12-13H2,1-3H3. The van der Waals surface area contributed by atoms with E-state index in [2.05, 4.69) is 22.4 Å². The van der Waals surface area contributed by atoms with Gasteiger partial charge in [0.2, 0.25) is 0 Å². The number of nitrogens with zero attached hydrogens (tertiary/aromatic N) is 2. The zero-order valence-corrected chi connectivity index (χ0v) is 16.5. The van der Waals surface area contributed by atoms with Crippen LogP contribution in [0.5, 0.6) is 5.75 Å². The van der Waals surface area contributed by atoms with E-state index in [1.54, 1.807) is 4.57 Å². The molecule has 4 rings (SSSR count). The molecule has 0 aliphatic carbocycles. The molecule has 28 heavy (non-hydrogen) atoms. The molecule has 1 aromatic heterocycles. The Labute approximate surface area is 164 Å². The summed E-state index contributed by atoms with van der Waals surface area (Å²) in [5.74, 6) is 1.83. The summed E-state index contributed by atoms with van der Waals surface area (Å²) in [7, 11) is 0. The highest BCUT2D eigenvalue weighted by atomic mass is 16.5. The SMILES string of the molecule is Cc1nc2ccc(-c3ccc4c(c3)CNCCO4)cc2n1C(=O)OCC(C)C. The summed E-state index contributed by atoms with van der Waals surface area (Å²) in [4.78, 5) is 17.1. The van der Waals surface area contributed by atoms with Crippen LogP contribution in [0.2, 0.25) is 0 Å². The summed E-state index contributed by atoms with van der Waals surface area (Å²) in [5, 5.41) is 3.36. The minimum atomic E-state index is -0.384. The van der Waals surface area contributed by atoms with Crippen molar-refractivity contribution in [2.45, 2.75) is 27.3 Å². The number of fused-ring (bicyclic) bond motifs is 2. The Morgan fingerprint density at radius 1 is 1.25 bits per heavy atom. The van der Waals surface area contributed by atoms with Crippen LogP contribution < -0.4 is 10.1 Å². The highest BCUT2D eigenvalue weighted by Crippen LogP contribution is 2.30. The number of benzene rings is 2. The predicted octanol–water partition coefficient (Wildman–Crippen LogP) is 4.13. The molecule has 2 aromatic carbocycles. The Morgan fingerprint density at radius 2 is 2.04 bits per heavy atom. The van der Waals surface area contributed by atoms with Crippen LogP contribution in [0, 0.1) is 12.8 Å². The second-order valence-electron chi connectivity index (χ2n) is 7.52. The third kappa shape index (κ3) is 3.60. The average Bonchev–Trinajstić information content (AvgIpc) is 2.85. The number of hydrogen-bond donors (Lipinski definition) is 1. The van der Waals surface area contributed by atoms with Gasteiger partial charge in [0.15, 0.2) is 0 Å². The fourth-order valence-corrected chi connectivity index (χ4v) is 3.40. The van der Waals surface area contributed by atoms with Crippen molar-refractivity contribution in [3.63, 3.8) is 0 Å². The summed E-state index contributed by atoms with van der Waals surface area (Å²) in [6.07, 6.45) is -0.384. The van der Waals surface area contributed by atoms with Crippen molar-refractivity contribution in [3.05, 3.63) is 47.8 Å². The molecule has 6 nitrogen and oxygen atoms in total. The maximum Gasteiger partial charge on any atom is 0.419 e. The quantitative estimate of drug-likeness (QED) is 0.741. The molecule has 0 radical (unpaired) electrons. The normalized spacial score (nSPS) is 13.9. The first-order valence-corrected chi connectivity index (χ1v) is 9.66. The summed E-state index contributed by atoms with van der Waals surface area (Å²) in [6, 6.07) is 12.2. The van der Waals surface area contributed by atoms with Gasteiger partial charge in [-0.2, -0.15) is 0 Å². The predicted molar refractivity (Wildman–Crippen MR) is 109 cm³/mol. The third-order valence-corrected chi connectivity index (χ3v) is 4.79. The fourth-order valence-electron chi connectivity index (χ4n) is 3.40. The van der Waals surface area contributed by atoms with Crippen molar-refractivity contribution in [2.24, 2.45) is 5.92 Å². The van der Waals surface area contributed by atoms with Gasteiger partial charge in [-0.3, -0.25) is 0 Å². The van der Waals surface area contributed by atoms with E-state index in [9.17, 15) is 4.79 Å². The Bertz CT molecular complexity index is 1020. The van der Waals surface area contributed by atoms with E-state index < -0.39 is 0 Å². The first kappa shape index (κ1) is 18.5. The first-order chi connectivity index (χ1) is 13.5. The highest BCUT2D eigenvalue weighted by Gasteiger charge is 2.17. The van der Waals surface area contributed by atoms with E-state index in [1.807, 2.05) is 45.0 Å². The van der Waals surface area contributed by atoms with Gasteiger partial charge >= 0.3 is 6.09 Å². The number of aromatic nitrogens is 2. The van der Waals surface area contributed by atoms with E-state index in [0.717, 1.165) is 46.6 Å². The minimum Gasteiger partial charge on any atom is -0.492 e. The number of imidazole rings is 1. The van der Waals surface area contributed by atoms with Gasteiger partial charge in [0.25, 0.3) is 0 Å². The van der Waals surface area contributed by atoms with E-state index in [0.29, 0.717) is 19.0 Å². The second-order valence-corrected chi connectivity index (χ2v) is 7.52. The van der Waals surface area contributed by atoms with Crippen LogP contribution in [-0.2, 0) is 11.3 Å². The number of aryl methyl sites for hydroxylation is 1. The highest BCUT2D eigenvalue weighted by molar-refractivity contribution is 5.90. The lowest BCUT2D eigenvalue weighted by molar-refractivity contribution is 0.135. The molecule has 0 atom stereocenters. The second kappa shape index (κ2) is 7.64. The molecule has 0 bridgehead atoms. The molecule has 0 unspecified atom stereocenters. The number of ether oxygens (including phenoxy) is 2. The van der Waals surface area contributed by atoms with Gasteiger partial charge in [-0.05, 0) is 48.2 Å². The Kier molecular flexibility index (Phi) is 5.05. The molecule has 146 valence electrons. The number of hydrogen-bond acceptors (Lipinski definition) is 5. The number of nitrogens with one attached hydrogen (secondary N) is 1. The van der Waals surface area contributed by atoms with Crippen molar-refractivity contribution in [1.29, 1.82) is 0 Å². The summed E-state index contributed by atoms with van der Waals surface area (Å²) >= 11 is 0. The molecular formula is C22H25N3O3. The molecule has 1 aliphatic heterocycles. The molecule has 1 aliphatic rings.